The fourth-order valence-corrected chi connectivity index (χ4v) is 2.82. The maximum atomic E-state index is 11.9. The zero-order valence-electron chi connectivity index (χ0n) is 10.6. The zero-order chi connectivity index (χ0) is 13.0. The smallest absolute Gasteiger partial charge is 0.224 e. The molecule has 1 aliphatic rings. The van der Waals surface area contributed by atoms with Gasteiger partial charge in [0.05, 0.1) is 5.69 Å². The number of benzene rings is 1. The molecule has 0 aliphatic carbocycles. The molecule has 1 aliphatic heterocycles. The Hall–Kier alpha value is -0.870. The minimum atomic E-state index is 0.103. The Morgan fingerprint density at radius 2 is 2.39 bits per heavy atom. The largest absolute Gasteiger partial charge is 0.325 e. The molecule has 0 bridgehead atoms. The van der Waals surface area contributed by atoms with E-state index in [0.29, 0.717) is 12.3 Å². The van der Waals surface area contributed by atoms with Crippen LogP contribution in [-0.4, -0.2) is 19.0 Å². The van der Waals surface area contributed by atoms with Gasteiger partial charge in [0.1, 0.15) is 0 Å². The van der Waals surface area contributed by atoms with Gasteiger partial charge in [-0.2, -0.15) is 0 Å². The van der Waals surface area contributed by atoms with E-state index in [0.717, 1.165) is 29.7 Å². The molecule has 2 rings (SSSR count). The lowest BCUT2D eigenvalue weighted by Crippen LogP contribution is -2.15. The predicted octanol–water partition coefficient (Wildman–Crippen LogP) is 3.09. The maximum Gasteiger partial charge on any atom is 0.224 e. The van der Waals surface area contributed by atoms with Gasteiger partial charge >= 0.3 is 0 Å². The van der Waals surface area contributed by atoms with Crippen molar-refractivity contribution in [2.75, 3.05) is 18.4 Å². The number of aryl methyl sites for hydroxylation is 1. The van der Waals surface area contributed by atoms with Crippen molar-refractivity contribution in [3.8, 4) is 0 Å². The van der Waals surface area contributed by atoms with Crippen molar-refractivity contribution in [1.82, 2.24) is 5.32 Å². The lowest BCUT2D eigenvalue weighted by atomic mass is 10.0. The first-order valence-electron chi connectivity index (χ1n) is 6.42. The molecule has 1 heterocycles. The molecule has 2 N–H and O–H groups in total. The van der Waals surface area contributed by atoms with Crippen molar-refractivity contribution in [3.63, 3.8) is 0 Å². The average Bonchev–Trinajstić information content (AvgIpc) is 2.83. The standard InChI is InChI=1S/C14H19BrN2O/c1-10-2-4-13(12(15)8-10)17-14(18)5-3-11-6-7-16-9-11/h2,4,8,11,16H,3,5-7,9H2,1H3,(H,17,18). The molecular formula is C14H19BrN2O. The summed E-state index contributed by atoms with van der Waals surface area (Å²) in [7, 11) is 0. The van der Waals surface area contributed by atoms with Crippen LogP contribution >= 0.6 is 15.9 Å². The molecule has 98 valence electrons. The maximum absolute atomic E-state index is 11.9. The van der Waals surface area contributed by atoms with Crippen LogP contribution in [0.4, 0.5) is 5.69 Å². The van der Waals surface area contributed by atoms with Gasteiger partial charge in [0.15, 0.2) is 0 Å². The quantitative estimate of drug-likeness (QED) is 0.897. The molecule has 0 spiro atoms. The Bertz CT molecular complexity index is 428. The highest BCUT2D eigenvalue weighted by Gasteiger charge is 2.15. The summed E-state index contributed by atoms with van der Waals surface area (Å²) in [6, 6.07) is 5.95. The second-order valence-electron chi connectivity index (χ2n) is 4.93. The number of nitrogens with one attached hydrogen (secondary N) is 2. The highest BCUT2D eigenvalue weighted by atomic mass is 79.9. The molecule has 1 unspecified atom stereocenters. The molecule has 0 aromatic heterocycles. The monoisotopic (exact) mass is 310 g/mol. The van der Waals surface area contributed by atoms with Gasteiger partial charge in [-0.1, -0.05) is 6.07 Å². The van der Waals surface area contributed by atoms with Crippen molar-refractivity contribution in [2.24, 2.45) is 5.92 Å². The van der Waals surface area contributed by atoms with Gasteiger partial charge in [-0.25, -0.2) is 0 Å². The van der Waals surface area contributed by atoms with Crippen LogP contribution in [0.2, 0.25) is 0 Å². The second-order valence-corrected chi connectivity index (χ2v) is 5.78. The first-order chi connectivity index (χ1) is 8.65. The second kappa shape index (κ2) is 6.34. The summed E-state index contributed by atoms with van der Waals surface area (Å²) >= 11 is 3.47. The number of hydrogen-bond donors (Lipinski definition) is 2. The summed E-state index contributed by atoms with van der Waals surface area (Å²) in [6.45, 7) is 4.18. The lowest BCUT2D eigenvalue weighted by Gasteiger charge is -2.10. The average molecular weight is 311 g/mol. The summed E-state index contributed by atoms with van der Waals surface area (Å²) in [5, 5.41) is 6.28. The van der Waals surface area contributed by atoms with E-state index < -0.39 is 0 Å². The van der Waals surface area contributed by atoms with Gasteiger partial charge in [0.25, 0.3) is 0 Å². The van der Waals surface area contributed by atoms with Gasteiger partial charge in [-0.3, -0.25) is 4.79 Å². The van der Waals surface area contributed by atoms with Crippen molar-refractivity contribution >= 4 is 27.5 Å². The molecule has 1 amide bonds. The third kappa shape index (κ3) is 3.82. The highest BCUT2D eigenvalue weighted by molar-refractivity contribution is 9.10. The molecule has 1 aromatic rings. The number of halogens is 1. The third-order valence-corrected chi connectivity index (χ3v) is 4.00. The molecule has 1 fully saturated rings. The van der Waals surface area contributed by atoms with Crippen molar-refractivity contribution in [2.45, 2.75) is 26.2 Å². The van der Waals surface area contributed by atoms with E-state index in [1.807, 2.05) is 25.1 Å². The summed E-state index contributed by atoms with van der Waals surface area (Å²) in [4.78, 5) is 11.9. The van der Waals surface area contributed by atoms with Crippen LogP contribution in [0.5, 0.6) is 0 Å². The number of anilines is 1. The van der Waals surface area contributed by atoms with Gasteiger partial charge in [0.2, 0.25) is 5.91 Å². The van der Waals surface area contributed by atoms with Crippen LogP contribution in [-0.2, 0) is 4.79 Å². The first kappa shape index (κ1) is 13.6. The van der Waals surface area contributed by atoms with E-state index in [1.54, 1.807) is 0 Å². The Balaban J connectivity index is 1.82. The Labute approximate surface area is 116 Å². The topological polar surface area (TPSA) is 41.1 Å². The molecule has 1 atom stereocenters. The van der Waals surface area contributed by atoms with E-state index in [4.69, 9.17) is 0 Å². The summed E-state index contributed by atoms with van der Waals surface area (Å²) in [5.74, 6) is 0.767. The molecule has 3 nitrogen and oxygen atoms in total. The minimum absolute atomic E-state index is 0.103. The summed E-state index contributed by atoms with van der Waals surface area (Å²) < 4.78 is 0.943. The normalized spacial score (nSPS) is 18.9. The van der Waals surface area contributed by atoms with Crippen LogP contribution in [0.15, 0.2) is 22.7 Å². The summed E-state index contributed by atoms with van der Waals surface area (Å²) in [6.07, 6.45) is 2.77. The van der Waals surface area contributed by atoms with E-state index in [2.05, 4.69) is 26.6 Å². The van der Waals surface area contributed by atoms with Crippen molar-refractivity contribution in [1.29, 1.82) is 0 Å². The fourth-order valence-electron chi connectivity index (χ4n) is 2.23. The number of rotatable bonds is 4. The Kier molecular flexibility index (Phi) is 4.78. The molecule has 0 radical (unpaired) electrons. The van der Waals surface area contributed by atoms with Crippen LogP contribution in [0.3, 0.4) is 0 Å². The molecular weight excluding hydrogens is 292 g/mol. The third-order valence-electron chi connectivity index (χ3n) is 3.34. The van der Waals surface area contributed by atoms with E-state index in [-0.39, 0.29) is 5.91 Å². The SMILES string of the molecule is Cc1ccc(NC(=O)CCC2CCNC2)c(Br)c1. The molecule has 18 heavy (non-hydrogen) atoms. The zero-order valence-corrected chi connectivity index (χ0v) is 12.2. The summed E-state index contributed by atoms with van der Waals surface area (Å²) in [5.41, 5.74) is 2.03. The van der Waals surface area contributed by atoms with Crippen molar-refractivity contribution < 1.29 is 4.79 Å². The molecule has 1 saturated heterocycles. The van der Waals surface area contributed by atoms with Crippen LogP contribution in [0.1, 0.15) is 24.8 Å². The minimum Gasteiger partial charge on any atom is -0.325 e. The van der Waals surface area contributed by atoms with Gasteiger partial charge in [-0.05, 0) is 72.4 Å². The predicted molar refractivity (Wildman–Crippen MR) is 77.7 cm³/mol. The Morgan fingerprint density at radius 3 is 3.06 bits per heavy atom. The van der Waals surface area contributed by atoms with Crippen molar-refractivity contribution in [3.05, 3.63) is 28.2 Å². The number of amides is 1. The number of hydrogen-bond acceptors (Lipinski definition) is 2. The number of carbonyl (C=O) groups excluding carboxylic acids is 1. The van der Waals surface area contributed by atoms with Crippen LogP contribution in [0, 0.1) is 12.8 Å². The fraction of sp³-hybridized carbons (Fsp3) is 0.500. The Morgan fingerprint density at radius 1 is 1.56 bits per heavy atom. The van der Waals surface area contributed by atoms with Gasteiger partial charge in [-0.15, -0.1) is 0 Å². The van der Waals surface area contributed by atoms with Crippen LogP contribution < -0.4 is 10.6 Å². The number of carbonyl (C=O) groups is 1. The van der Waals surface area contributed by atoms with Gasteiger partial charge in [0, 0.05) is 10.9 Å². The highest BCUT2D eigenvalue weighted by Crippen LogP contribution is 2.24. The molecule has 0 saturated carbocycles. The van der Waals surface area contributed by atoms with E-state index >= 15 is 0 Å². The first-order valence-corrected chi connectivity index (χ1v) is 7.21. The van der Waals surface area contributed by atoms with Crippen LogP contribution in [0.25, 0.3) is 0 Å². The molecule has 1 aromatic carbocycles. The van der Waals surface area contributed by atoms with Gasteiger partial charge < -0.3 is 10.6 Å². The van der Waals surface area contributed by atoms with E-state index in [1.165, 1.54) is 12.0 Å². The molecule has 4 heteroatoms. The van der Waals surface area contributed by atoms with E-state index in [9.17, 15) is 4.79 Å². The lowest BCUT2D eigenvalue weighted by molar-refractivity contribution is -0.116.